The van der Waals surface area contributed by atoms with E-state index in [9.17, 15) is 4.79 Å². The van der Waals surface area contributed by atoms with Crippen LogP contribution in [0.15, 0.2) is 0 Å². The second-order valence-corrected chi connectivity index (χ2v) is 6.10. The summed E-state index contributed by atoms with van der Waals surface area (Å²) in [4.78, 5) is 14.2. The van der Waals surface area contributed by atoms with E-state index in [-0.39, 0.29) is 18.4 Å². The zero-order valence-corrected chi connectivity index (χ0v) is 12.2. The number of nitrogens with zero attached hydrogens (tertiary/aromatic N) is 3. The van der Waals surface area contributed by atoms with Crippen LogP contribution in [0.4, 0.5) is 9.93 Å². The number of amides is 2. The van der Waals surface area contributed by atoms with Crippen LogP contribution in [0.5, 0.6) is 0 Å². The zero-order chi connectivity index (χ0) is 13.9. The Kier molecular flexibility index (Phi) is 4.13. The van der Waals surface area contributed by atoms with Gasteiger partial charge < -0.3 is 14.4 Å². The molecule has 8 heteroatoms. The van der Waals surface area contributed by atoms with E-state index in [0.717, 1.165) is 30.8 Å². The lowest BCUT2D eigenvalue weighted by Gasteiger charge is -2.37. The average Bonchev–Trinajstić information content (AvgIpc) is 3.10. The van der Waals surface area contributed by atoms with E-state index in [1.165, 1.54) is 11.3 Å². The number of rotatable bonds is 2. The minimum atomic E-state index is -0.294. The van der Waals surface area contributed by atoms with E-state index in [1.807, 2.05) is 6.92 Å². The van der Waals surface area contributed by atoms with Gasteiger partial charge in [0.05, 0.1) is 19.3 Å². The Morgan fingerprint density at radius 3 is 2.85 bits per heavy atom. The minimum Gasteiger partial charge on any atom is -0.348 e. The molecule has 2 amide bonds. The maximum Gasteiger partial charge on any atom is 0.324 e. The first-order valence-electron chi connectivity index (χ1n) is 6.85. The molecule has 0 bridgehead atoms. The summed E-state index contributed by atoms with van der Waals surface area (Å²) in [6, 6.07) is -0.162. The van der Waals surface area contributed by atoms with Gasteiger partial charge >= 0.3 is 6.03 Å². The molecular formula is C12H18N4O3S. The van der Waals surface area contributed by atoms with Gasteiger partial charge in [-0.25, -0.2) is 4.79 Å². The second-order valence-electron chi connectivity index (χ2n) is 4.92. The number of piperidine rings is 1. The van der Waals surface area contributed by atoms with Crippen molar-refractivity contribution in [1.82, 2.24) is 15.1 Å². The van der Waals surface area contributed by atoms with Gasteiger partial charge in [-0.3, -0.25) is 5.32 Å². The zero-order valence-electron chi connectivity index (χ0n) is 11.4. The van der Waals surface area contributed by atoms with Crippen molar-refractivity contribution in [2.45, 2.75) is 38.5 Å². The third-order valence-corrected chi connectivity index (χ3v) is 4.27. The number of nitrogens with one attached hydrogen (secondary N) is 1. The van der Waals surface area contributed by atoms with Crippen LogP contribution in [-0.4, -0.2) is 53.2 Å². The van der Waals surface area contributed by atoms with Crippen molar-refractivity contribution in [3.05, 3.63) is 5.01 Å². The Bertz CT molecular complexity index is 475. The molecule has 1 aromatic heterocycles. The van der Waals surface area contributed by atoms with Gasteiger partial charge in [0.25, 0.3) is 0 Å². The topological polar surface area (TPSA) is 76.6 Å². The number of hydrogen-bond acceptors (Lipinski definition) is 6. The summed E-state index contributed by atoms with van der Waals surface area (Å²) >= 11 is 1.37. The van der Waals surface area contributed by atoms with E-state index < -0.39 is 0 Å². The van der Waals surface area contributed by atoms with Gasteiger partial charge in [-0.1, -0.05) is 11.3 Å². The van der Waals surface area contributed by atoms with Crippen molar-refractivity contribution < 1.29 is 14.3 Å². The lowest BCUT2D eigenvalue weighted by atomic mass is 10.0. The van der Waals surface area contributed by atoms with Crippen LogP contribution in [0.2, 0.25) is 0 Å². The SMILES string of the molecule is Cc1nnc(NC(=O)N2CCCCC2C2OCCO2)s1. The van der Waals surface area contributed by atoms with E-state index in [2.05, 4.69) is 15.5 Å². The molecule has 2 aliphatic rings. The average molecular weight is 298 g/mol. The van der Waals surface area contributed by atoms with Crippen LogP contribution < -0.4 is 5.32 Å². The number of hydrogen-bond donors (Lipinski definition) is 1. The summed E-state index contributed by atoms with van der Waals surface area (Å²) in [7, 11) is 0. The first-order chi connectivity index (χ1) is 9.74. The standard InChI is InChI=1S/C12H18N4O3S/c1-8-14-15-11(20-8)13-12(17)16-5-3-2-4-9(16)10-18-6-7-19-10/h9-10H,2-7H2,1H3,(H,13,15,17). The molecule has 2 saturated heterocycles. The number of urea groups is 1. The van der Waals surface area contributed by atoms with Crippen LogP contribution in [0.1, 0.15) is 24.3 Å². The van der Waals surface area contributed by atoms with Gasteiger partial charge in [0.1, 0.15) is 5.01 Å². The van der Waals surface area contributed by atoms with Gasteiger partial charge in [-0.05, 0) is 26.2 Å². The lowest BCUT2D eigenvalue weighted by molar-refractivity contribution is -0.0973. The summed E-state index contributed by atoms with van der Waals surface area (Å²) in [5.74, 6) is 0. The normalized spacial score (nSPS) is 24.1. The number of carbonyl (C=O) groups excluding carboxylic acids is 1. The molecule has 0 aromatic carbocycles. The Morgan fingerprint density at radius 1 is 1.35 bits per heavy atom. The van der Waals surface area contributed by atoms with Gasteiger partial charge in [-0.15, -0.1) is 10.2 Å². The fourth-order valence-electron chi connectivity index (χ4n) is 2.60. The first-order valence-corrected chi connectivity index (χ1v) is 7.66. The molecular weight excluding hydrogens is 280 g/mol. The van der Waals surface area contributed by atoms with E-state index in [1.54, 1.807) is 4.90 Å². The van der Waals surface area contributed by atoms with Gasteiger partial charge in [0.15, 0.2) is 6.29 Å². The number of aryl methyl sites for hydroxylation is 1. The Hall–Kier alpha value is -1.25. The van der Waals surface area contributed by atoms with Gasteiger partial charge in [0, 0.05) is 6.54 Å². The number of likely N-dealkylation sites (tertiary alicyclic amines) is 1. The molecule has 1 aromatic rings. The molecule has 3 heterocycles. The Morgan fingerprint density at radius 2 is 2.15 bits per heavy atom. The minimum absolute atomic E-state index is 0.0136. The molecule has 2 aliphatic heterocycles. The lowest BCUT2D eigenvalue weighted by Crippen LogP contribution is -2.51. The van der Waals surface area contributed by atoms with Crippen LogP contribution in [-0.2, 0) is 9.47 Å². The van der Waals surface area contributed by atoms with Crippen molar-refractivity contribution in [2.24, 2.45) is 0 Å². The Balaban J connectivity index is 1.67. The summed E-state index contributed by atoms with van der Waals surface area (Å²) < 4.78 is 11.1. The molecule has 110 valence electrons. The fraction of sp³-hybridized carbons (Fsp3) is 0.750. The highest BCUT2D eigenvalue weighted by atomic mass is 32.1. The highest BCUT2D eigenvalue weighted by Crippen LogP contribution is 2.25. The maximum absolute atomic E-state index is 12.4. The number of carbonyl (C=O) groups is 1. The third-order valence-electron chi connectivity index (χ3n) is 3.51. The van der Waals surface area contributed by atoms with Crippen molar-refractivity contribution in [2.75, 3.05) is 25.1 Å². The number of ether oxygens (including phenoxy) is 2. The van der Waals surface area contributed by atoms with Crippen LogP contribution in [0.3, 0.4) is 0 Å². The molecule has 1 N–H and O–H groups in total. The fourth-order valence-corrected chi connectivity index (χ4v) is 3.18. The predicted octanol–water partition coefficient (Wildman–Crippen LogP) is 1.61. The summed E-state index contributed by atoms with van der Waals surface area (Å²) in [5, 5.41) is 12.0. The predicted molar refractivity (Wildman–Crippen MR) is 73.7 cm³/mol. The first kappa shape index (κ1) is 13.7. The van der Waals surface area contributed by atoms with Crippen LogP contribution in [0, 0.1) is 6.92 Å². The van der Waals surface area contributed by atoms with Crippen molar-refractivity contribution in [1.29, 1.82) is 0 Å². The molecule has 1 atom stereocenters. The third kappa shape index (κ3) is 2.92. The van der Waals surface area contributed by atoms with E-state index >= 15 is 0 Å². The number of aromatic nitrogens is 2. The summed E-state index contributed by atoms with van der Waals surface area (Å²) in [6.45, 7) is 3.78. The largest absolute Gasteiger partial charge is 0.348 e. The molecule has 0 saturated carbocycles. The van der Waals surface area contributed by atoms with Crippen molar-refractivity contribution >= 4 is 22.5 Å². The molecule has 0 spiro atoms. The molecule has 1 unspecified atom stereocenters. The molecule has 20 heavy (non-hydrogen) atoms. The van der Waals surface area contributed by atoms with Crippen LogP contribution >= 0.6 is 11.3 Å². The Labute approximate surface area is 121 Å². The molecule has 0 radical (unpaired) electrons. The van der Waals surface area contributed by atoms with Crippen molar-refractivity contribution in [3.63, 3.8) is 0 Å². The summed E-state index contributed by atoms with van der Waals surface area (Å²) in [6.07, 6.45) is 2.71. The number of anilines is 1. The molecule has 0 aliphatic carbocycles. The monoisotopic (exact) mass is 298 g/mol. The molecule has 7 nitrogen and oxygen atoms in total. The second kappa shape index (κ2) is 6.02. The molecule has 3 rings (SSSR count). The quantitative estimate of drug-likeness (QED) is 0.897. The summed E-state index contributed by atoms with van der Waals surface area (Å²) in [5.41, 5.74) is 0. The highest BCUT2D eigenvalue weighted by Gasteiger charge is 2.36. The smallest absolute Gasteiger partial charge is 0.324 e. The van der Waals surface area contributed by atoms with E-state index in [0.29, 0.717) is 18.3 Å². The van der Waals surface area contributed by atoms with Gasteiger partial charge in [0.2, 0.25) is 5.13 Å². The highest BCUT2D eigenvalue weighted by molar-refractivity contribution is 7.15. The van der Waals surface area contributed by atoms with Gasteiger partial charge in [-0.2, -0.15) is 0 Å². The van der Waals surface area contributed by atoms with E-state index in [4.69, 9.17) is 9.47 Å². The van der Waals surface area contributed by atoms with Crippen LogP contribution in [0.25, 0.3) is 0 Å². The maximum atomic E-state index is 12.4. The molecule has 2 fully saturated rings. The van der Waals surface area contributed by atoms with Crippen molar-refractivity contribution in [3.8, 4) is 0 Å².